The van der Waals surface area contributed by atoms with Gasteiger partial charge >= 0.3 is 0 Å². The molecule has 0 bridgehead atoms. The third-order valence-corrected chi connectivity index (χ3v) is 1.40. The Morgan fingerprint density at radius 3 is 3.10 bits per heavy atom. The van der Waals surface area contributed by atoms with Crippen LogP contribution in [0.2, 0.25) is 0 Å². The van der Waals surface area contributed by atoms with E-state index >= 15 is 0 Å². The molecule has 1 unspecified atom stereocenters. The van der Waals surface area contributed by atoms with E-state index in [2.05, 4.69) is 11.6 Å². The number of amides is 1. The maximum atomic E-state index is 11.0. The number of aliphatic imine (C=N–C) groups is 1. The van der Waals surface area contributed by atoms with Crippen molar-refractivity contribution < 1.29 is 4.79 Å². The van der Waals surface area contributed by atoms with Gasteiger partial charge in [0.2, 0.25) is 0 Å². The van der Waals surface area contributed by atoms with Crippen molar-refractivity contribution in [2.45, 2.75) is 13.0 Å². The Bertz CT molecular complexity index is 186. The van der Waals surface area contributed by atoms with Crippen LogP contribution in [0.5, 0.6) is 0 Å². The fourth-order valence-electron chi connectivity index (χ4n) is 0.817. The maximum Gasteiger partial charge on any atom is 0.252 e. The first-order valence-electron chi connectivity index (χ1n) is 3.20. The van der Waals surface area contributed by atoms with Crippen LogP contribution in [0.3, 0.4) is 0 Å². The van der Waals surface area contributed by atoms with Crippen molar-refractivity contribution >= 4 is 12.2 Å². The first-order chi connectivity index (χ1) is 4.75. The molecule has 0 saturated heterocycles. The molecule has 0 saturated carbocycles. The zero-order chi connectivity index (χ0) is 7.56. The summed E-state index contributed by atoms with van der Waals surface area (Å²) >= 11 is 0. The van der Waals surface area contributed by atoms with Crippen molar-refractivity contribution in [1.82, 2.24) is 4.90 Å². The Morgan fingerprint density at radius 1 is 2.00 bits per heavy atom. The molecule has 10 heavy (non-hydrogen) atoms. The zero-order valence-corrected chi connectivity index (χ0v) is 5.95. The van der Waals surface area contributed by atoms with Crippen molar-refractivity contribution in [3.63, 3.8) is 0 Å². The summed E-state index contributed by atoms with van der Waals surface area (Å²) in [6.07, 6.45) is 3.25. The molecule has 1 aliphatic rings. The van der Waals surface area contributed by atoms with E-state index in [4.69, 9.17) is 0 Å². The van der Waals surface area contributed by atoms with Gasteiger partial charge in [0.25, 0.3) is 5.91 Å². The number of carbonyl (C=O) groups is 1. The highest BCUT2D eigenvalue weighted by Gasteiger charge is 2.22. The maximum absolute atomic E-state index is 11.0. The Balaban J connectivity index is 2.57. The van der Waals surface area contributed by atoms with Gasteiger partial charge in [0.1, 0.15) is 6.04 Å². The molecule has 1 amide bonds. The fourth-order valence-corrected chi connectivity index (χ4v) is 0.817. The molecule has 0 fully saturated rings. The summed E-state index contributed by atoms with van der Waals surface area (Å²) in [7, 11) is 0. The van der Waals surface area contributed by atoms with Gasteiger partial charge < -0.3 is 0 Å². The van der Waals surface area contributed by atoms with E-state index in [1.165, 1.54) is 0 Å². The first kappa shape index (κ1) is 6.99. The molecular weight excluding hydrogens is 128 g/mol. The van der Waals surface area contributed by atoms with Crippen LogP contribution in [-0.2, 0) is 4.79 Å². The van der Waals surface area contributed by atoms with Crippen LogP contribution >= 0.6 is 0 Å². The highest BCUT2D eigenvalue weighted by Crippen LogP contribution is 2.03. The molecule has 1 heterocycles. The quantitative estimate of drug-likeness (QED) is 0.509. The van der Waals surface area contributed by atoms with Gasteiger partial charge in [-0.05, 0) is 6.92 Å². The molecule has 0 aliphatic carbocycles. The van der Waals surface area contributed by atoms with Crippen molar-refractivity contribution in [2.75, 3.05) is 6.54 Å². The lowest BCUT2D eigenvalue weighted by Gasteiger charge is -2.08. The number of hydrogen-bond acceptors (Lipinski definition) is 2. The largest absolute Gasteiger partial charge is 0.298 e. The van der Waals surface area contributed by atoms with E-state index in [9.17, 15) is 4.79 Å². The molecule has 0 aromatic carbocycles. The van der Waals surface area contributed by atoms with Gasteiger partial charge in [-0.25, -0.2) is 0 Å². The summed E-state index contributed by atoms with van der Waals surface area (Å²) < 4.78 is 0. The second-order valence-electron chi connectivity index (χ2n) is 2.22. The van der Waals surface area contributed by atoms with Crippen LogP contribution in [-0.4, -0.2) is 29.7 Å². The average molecular weight is 138 g/mol. The molecule has 0 radical (unpaired) electrons. The predicted molar refractivity (Wildman–Crippen MR) is 39.9 cm³/mol. The zero-order valence-electron chi connectivity index (χ0n) is 5.95. The highest BCUT2D eigenvalue weighted by atomic mass is 16.2. The fraction of sp³-hybridized carbons (Fsp3) is 0.429. The SMILES string of the molecule is C=CCN1C=NC(C)C1=O. The monoisotopic (exact) mass is 138 g/mol. The topological polar surface area (TPSA) is 32.7 Å². The van der Waals surface area contributed by atoms with Crippen LogP contribution in [0.4, 0.5) is 0 Å². The first-order valence-corrected chi connectivity index (χ1v) is 3.20. The summed E-state index contributed by atoms with van der Waals surface area (Å²) in [5.74, 6) is 0.0555. The Hall–Kier alpha value is -1.12. The predicted octanol–water partition coefficient (Wildman–Crippen LogP) is 0.431. The highest BCUT2D eigenvalue weighted by molar-refractivity contribution is 5.96. The van der Waals surface area contributed by atoms with E-state index in [0.29, 0.717) is 6.54 Å². The summed E-state index contributed by atoms with van der Waals surface area (Å²) in [5, 5.41) is 0. The third kappa shape index (κ3) is 1.07. The standard InChI is InChI=1S/C7H10N2O/c1-3-4-9-5-8-6(2)7(9)10/h3,5-6H,1,4H2,2H3. The number of hydrogen-bond donors (Lipinski definition) is 0. The van der Waals surface area contributed by atoms with Crippen molar-refractivity contribution in [2.24, 2.45) is 4.99 Å². The van der Waals surface area contributed by atoms with Crippen LogP contribution < -0.4 is 0 Å². The van der Waals surface area contributed by atoms with Crippen LogP contribution in [0.1, 0.15) is 6.92 Å². The van der Waals surface area contributed by atoms with Crippen molar-refractivity contribution in [1.29, 1.82) is 0 Å². The molecule has 54 valence electrons. The lowest BCUT2D eigenvalue weighted by molar-refractivity contribution is -0.126. The molecule has 0 aromatic rings. The second kappa shape index (κ2) is 2.64. The van der Waals surface area contributed by atoms with E-state index < -0.39 is 0 Å². The number of carbonyl (C=O) groups excluding carboxylic acids is 1. The normalized spacial score (nSPS) is 23.9. The molecule has 1 atom stereocenters. The van der Waals surface area contributed by atoms with Gasteiger partial charge in [-0.3, -0.25) is 14.7 Å². The second-order valence-corrected chi connectivity index (χ2v) is 2.22. The average Bonchev–Trinajstić information content (AvgIpc) is 2.20. The van der Waals surface area contributed by atoms with E-state index in [1.54, 1.807) is 24.2 Å². The van der Waals surface area contributed by atoms with E-state index in [0.717, 1.165) is 0 Å². The molecular formula is C7H10N2O. The van der Waals surface area contributed by atoms with Crippen LogP contribution in [0, 0.1) is 0 Å². The molecule has 1 rings (SSSR count). The lowest BCUT2D eigenvalue weighted by atomic mass is 10.3. The molecule has 1 aliphatic heterocycles. The molecule has 0 spiro atoms. The Labute approximate surface area is 60.1 Å². The molecule has 0 aromatic heterocycles. The van der Waals surface area contributed by atoms with Gasteiger partial charge in [-0.2, -0.15) is 0 Å². The summed E-state index contributed by atoms with van der Waals surface area (Å²) in [6, 6.07) is -0.194. The minimum absolute atomic E-state index is 0.0555. The van der Waals surface area contributed by atoms with E-state index in [1.807, 2.05) is 0 Å². The smallest absolute Gasteiger partial charge is 0.252 e. The molecule has 0 N–H and O–H groups in total. The molecule has 3 nitrogen and oxygen atoms in total. The lowest BCUT2D eigenvalue weighted by Crippen LogP contribution is -2.29. The minimum Gasteiger partial charge on any atom is -0.298 e. The van der Waals surface area contributed by atoms with Gasteiger partial charge in [0.15, 0.2) is 0 Å². The van der Waals surface area contributed by atoms with Gasteiger partial charge in [0, 0.05) is 6.54 Å². The summed E-state index contributed by atoms with van der Waals surface area (Å²) in [6.45, 7) is 5.87. The van der Waals surface area contributed by atoms with Crippen LogP contribution in [0.15, 0.2) is 17.6 Å². The van der Waals surface area contributed by atoms with Crippen molar-refractivity contribution in [3.8, 4) is 0 Å². The van der Waals surface area contributed by atoms with Gasteiger partial charge in [-0.1, -0.05) is 6.08 Å². The third-order valence-electron chi connectivity index (χ3n) is 1.40. The van der Waals surface area contributed by atoms with Gasteiger partial charge in [-0.15, -0.1) is 6.58 Å². The Morgan fingerprint density at radius 2 is 2.70 bits per heavy atom. The number of rotatable bonds is 2. The number of nitrogens with zero attached hydrogens (tertiary/aromatic N) is 2. The summed E-state index contributed by atoms with van der Waals surface area (Å²) in [5.41, 5.74) is 0. The van der Waals surface area contributed by atoms with E-state index in [-0.39, 0.29) is 11.9 Å². The Kier molecular flexibility index (Phi) is 1.85. The minimum atomic E-state index is -0.194. The summed E-state index contributed by atoms with van der Waals surface area (Å²) in [4.78, 5) is 16.5. The van der Waals surface area contributed by atoms with Gasteiger partial charge in [0.05, 0.1) is 6.34 Å². The van der Waals surface area contributed by atoms with Crippen LogP contribution in [0.25, 0.3) is 0 Å². The molecule has 3 heteroatoms. The van der Waals surface area contributed by atoms with Crippen molar-refractivity contribution in [3.05, 3.63) is 12.7 Å².